The Kier molecular flexibility index (Phi) is 7.24. The summed E-state index contributed by atoms with van der Waals surface area (Å²) in [4.78, 5) is 19.7. The Morgan fingerprint density at radius 3 is 2.57 bits per heavy atom. The third kappa shape index (κ3) is 5.30. The lowest BCUT2D eigenvalue weighted by Gasteiger charge is -2.36. The van der Waals surface area contributed by atoms with Crippen LogP contribution in [-0.2, 0) is 6.42 Å². The quantitative estimate of drug-likeness (QED) is 0.486. The molecule has 3 atom stereocenters. The van der Waals surface area contributed by atoms with Crippen molar-refractivity contribution in [2.45, 2.75) is 56.7 Å². The van der Waals surface area contributed by atoms with Crippen LogP contribution in [0.3, 0.4) is 0 Å². The first-order valence-electron chi connectivity index (χ1n) is 12.8. The van der Waals surface area contributed by atoms with Gasteiger partial charge in [0.05, 0.1) is 11.6 Å². The van der Waals surface area contributed by atoms with Gasteiger partial charge in [-0.25, -0.2) is 0 Å². The third-order valence-electron chi connectivity index (χ3n) is 7.75. The van der Waals surface area contributed by atoms with Crippen LogP contribution in [-0.4, -0.2) is 74.7 Å². The van der Waals surface area contributed by atoms with E-state index in [2.05, 4.69) is 30.9 Å². The number of ether oxygens (including phenoxy) is 2. The van der Waals surface area contributed by atoms with E-state index in [1.54, 1.807) is 0 Å². The molecule has 35 heavy (non-hydrogen) atoms. The van der Waals surface area contributed by atoms with Crippen molar-refractivity contribution in [1.82, 2.24) is 9.80 Å². The Morgan fingerprint density at radius 1 is 1.09 bits per heavy atom. The van der Waals surface area contributed by atoms with Crippen molar-refractivity contribution in [1.29, 1.82) is 0 Å². The molecule has 0 spiro atoms. The highest BCUT2D eigenvalue weighted by atomic mass is 35.5. The van der Waals surface area contributed by atoms with Crippen LogP contribution in [0.5, 0.6) is 11.5 Å². The Balaban J connectivity index is 1.22. The van der Waals surface area contributed by atoms with Gasteiger partial charge in [-0.3, -0.25) is 4.79 Å². The lowest BCUT2D eigenvalue weighted by molar-refractivity contribution is 0.0662. The highest BCUT2D eigenvalue weighted by molar-refractivity contribution is 6.32. The van der Waals surface area contributed by atoms with Gasteiger partial charge >= 0.3 is 0 Å². The van der Waals surface area contributed by atoms with Crippen LogP contribution in [0.25, 0.3) is 0 Å². The molecular formula is C28H36ClN3O3. The van der Waals surface area contributed by atoms with Crippen LogP contribution < -0.4 is 14.4 Å². The molecule has 0 aromatic heterocycles. The van der Waals surface area contributed by atoms with Gasteiger partial charge in [-0.1, -0.05) is 11.6 Å². The van der Waals surface area contributed by atoms with Gasteiger partial charge in [0.15, 0.2) is 0 Å². The number of carbonyl (C=O) groups is 1. The fourth-order valence-electron chi connectivity index (χ4n) is 5.76. The molecule has 2 aromatic rings. The van der Waals surface area contributed by atoms with Gasteiger partial charge in [-0.15, -0.1) is 0 Å². The van der Waals surface area contributed by atoms with Crippen molar-refractivity contribution >= 4 is 23.2 Å². The van der Waals surface area contributed by atoms with Gasteiger partial charge in [0.1, 0.15) is 17.6 Å². The van der Waals surface area contributed by atoms with Crippen LogP contribution in [0.4, 0.5) is 5.69 Å². The van der Waals surface area contributed by atoms with Crippen molar-refractivity contribution in [3.63, 3.8) is 0 Å². The van der Waals surface area contributed by atoms with Gasteiger partial charge in [-0.05, 0) is 102 Å². The summed E-state index contributed by atoms with van der Waals surface area (Å²) in [6.07, 6.45) is 6.57. The summed E-state index contributed by atoms with van der Waals surface area (Å²) in [7, 11) is 6.35. The molecule has 3 heterocycles. The van der Waals surface area contributed by atoms with E-state index in [1.165, 1.54) is 12.8 Å². The molecule has 188 valence electrons. The number of piperidine rings is 1. The van der Waals surface area contributed by atoms with Crippen LogP contribution >= 0.6 is 11.6 Å². The average molecular weight is 498 g/mol. The molecule has 6 nitrogen and oxygen atoms in total. The maximum absolute atomic E-state index is 13.3. The number of halogens is 1. The fourth-order valence-corrected chi connectivity index (χ4v) is 5.98. The molecule has 2 saturated heterocycles. The summed E-state index contributed by atoms with van der Waals surface area (Å²) in [5.41, 5.74) is 2.58. The summed E-state index contributed by atoms with van der Waals surface area (Å²) in [5, 5.41) is 0.564. The van der Waals surface area contributed by atoms with Crippen molar-refractivity contribution in [3.05, 3.63) is 52.5 Å². The highest BCUT2D eigenvalue weighted by Crippen LogP contribution is 2.38. The summed E-state index contributed by atoms with van der Waals surface area (Å²) in [5.74, 6) is 1.54. The summed E-state index contributed by atoms with van der Waals surface area (Å²) in [6.45, 7) is 2.28. The normalized spacial score (nSPS) is 24.1. The van der Waals surface area contributed by atoms with Gasteiger partial charge < -0.3 is 24.2 Å². The second-order valence-corrected chi connectivity index (χ2v) is 10.8. The average Bonchev–Trinajstić information content (AvgIpc) is 3.03. The Labute approximate surface area is 213 Å². The SMILES string of the molecule is CN(C)CCCOc1ccc2c(c1)CCN(c1ccc(O[C@H]3C[C@H]4CC[C@@H](C3)N4C)c(Cl)c1)C2=O. The van der Waals surface area contributed by atoms with Crippen molar-refractivity contribution < 1.29 is 14.3 Å². The molecule has 2 aromatic carbocycles. The number of hydrogen-bond acceptors (Lipinski definition) is 5. The zero-order chi connectivity index (χ0) is 24.5. The molecule has 2 fully saturated rings. The molecule has 3 aliphatic heterocycles. The number of rotatable bonds is 8. The van der Waals surface area contributed by atoms with Crippen LogP contribution in [0.1, 0.15) is 48.0 Å². The minimum Gasteiger partial charge on any atom is -0.494 e. The summed E-state index contributed by atoms with van der Waals surface area (Å²) in [6, 6.07) is 12.8. The predicted octanol–water partition coefficient (Wildman–Crippen LogP) is 4.88. The van der Waals surface area contributed by atoms with E-state index in [0.29, 0.717) is 36.0 Å². The molecule has 0 aliphatic carbocycles. The molecule has 0 radical (unpaired) electrons. The van der Waals surface area contributed by atoms with E-state index in [9.17, 15) is 4.79 Å². The number of hydrogen-bond donors (Lipinski definition) is 0. The first-order valence-corrected chi connectivity index (χ1v) is 13.2. The Hall–Kier alpha value is -2.28. The minimum absolute atomic E-state index is 0.00188. The molecular weight excluding hydrogens is 462 g/mol. The number of benzene rings is 2. The molecule has 7 heteroatoms. The van der Waals surface area contributed by atoms with E-state index in [-0.39, 0.29) is 12.0 Å². The predicted molar refractivity (Wildman–Crippen MR) is 140 cm³/mol. The van der Waals surface area contributed by atoms with E-state index in [1.807, 2.05) is 41.3 Å². The van der Waals surface area contributed by atoms with Crippen molar-refractivity contribution in [2.24, 2.45) is 0 Å². The zero-order valence-corrected chi connectivity index (χ0v) is 21.8. The van der Waals surface area contributed by atoms with E-state index < -0.39 is 0 Å². The lowest BCUT2D eigenvalue weighted by Crippen LogP contribution is -2.43. The molecule has 0 unspecified atom stereocenters. The highest BCUT2D eigenvalue weighted by Gasteiger charge is 2.39. The standard InChI is InChI=1S/C28H36ClN3O3/c1-30(2)12-4-14-34-23-8-9-25-19(15-23)11-13-32(28(25)33)22-7-10-27(26(29)18-22)35-24-16-20-5-6-21(17-24)31(20)3/h7-10,15,18,20-21,24H,4-6,11-14,16-17H2,1-3H3/t20-,21+,24+. The molecule has 5 rings (SSSR count). The third-order valence-corrected chi connectivity index (χ3v) is 8.05. The van der Waals surface area contributed by atoms with Crippen LogP contribution in [0.15, 0.2) is 36.4 Å². The van der Waals surface area contributed by atoms with E-state index >= 15 is 0 Å². The molecule has 0 saturated carbocycles. The summed E-state index contributed by atoms with van der Waals surface area (Å²) >= 11 is 6.64. The number of fused-ring (bicyclic) bond motifs is 3. The lowest BCUT2D eigenvalue weighted by atomic mass is 9.98. The maximum Gasteiger partial charge on any atom is 0.258 e. The molecule has 1 amide bonds. The number of amides is 1. The van der Waals surface area contributed by atoms with Crippen molar-refractivity contribution in [3.8, 4) is 11.5 Å². The van der Waals surface area contributed by atoms with E-state index in [4.69, 9.17) is 21.1 Å². The smallest absolute Gasteiger partial charge is 0.258 e. The number of carbonyl (C=O) groups excluding carboxylic acids is 1. The van der Waals surface area contributed by atoms with Crippen LogP contribution in [0, 0.1) is 0 Å². The second-order valence-electron chi connectivity index (χ2n) is 10.4. The van der Waals surface area contributed by atoms with Gasteiger partial charge in [-0.2, -0.15) is 0 Å². The monoisotopic (exact) mass is 497 g/mol. The van der Waals surface area contributed by atoms with Gasteiger partial charge in [0, 0.05) is 36.4 Å². The van der Waals surface area contributed by atoms with Gasteiger partial charge in [0.2, 0.25) is 0 Å². The molecule has 3 aliphatic rings. The minimum atomic E-state index is 0.00188. The summed E-state index contributed by atoms with van der Waals surface area (Å²) < 4.78 is 12.2. The topological polar surface area (TPSA) is 45.2 Å². The van der Waals surface area contributed by atoms with Crippen LogP contribution in [0.2, 0.25) is 5.02 Å². The molecule has 2 bridgehead atoms. The molecule has 0 N–H and O–H groups in total. The zero-order valence-electron chi connectivity index (χ0n) is 21.0. The van der Waals surface area contributed by atoms with Gasteiger partial charge in [0.25, 0.3) is 5.91 Å². The Bertz CT molecular complexity index is 1060. The van der Waals surface area contributed by atoms with Crippen molar-refractivity contribution in [2.75, 3.05) is 45.7 Å². The first-order chi connectivity index (χ1) is 16.9. The Morgan fingerprint density at radius 2 is 1.86 bits per heavy atom. The largest absolute Gasteiger partial charge is 0.494 e. The fraction of sp³-hybridized carbons (Fsp3) is 0.536. The first kappa shape index (κ1) is 24.4. The second kappa shape index (κ2) is 10.4. The number of anilines is 1. The maximum atomic E-state index is 13.3. The van der Waals surface area contributed by atoms with E-state index in [0.717, 1.165) is 54.8 Å². The number of nitrogens with zero attached hydrogens (tertiary/aromatic N) is 3.